The molecule has 0 spiro atoms. The second-order valence-corrected chi connectivity index (χ2v) is 7.25. The standard InChI is InChI=1S/C25H18N2/c1-3-9-18(10-4-1)24-23-20-15-7-11-17-12-8-16-21(22(17)20)25(23)27(26-24)19-13-5-2-6-14-19/h1-16,23,25H/t23-,25+/m1/s1. The van der Waals surface area contributed by atoms with E-state index in [4.69, 9.17) is 5.10 Å². The normalized spacial score (nSPS) is 20.0. The molecular weight excluding hydrogens is 328 g/mol. The lowest BCUT2D eigenvalue weighted by Gasteiger charge is -2.24. The van der Waals surface area contributed by atoms with Crippen molar-refractivity contribution in [2.75, 3.05) is 5.01 Å². The first-order valence-electron chi connectivity index (χ1n) is 9.41. The van der Waals surface area contributed by atoms with Crippen LogP contribution in [-0.2, 0) is 0 Å². The summed E-state index contributed by atoms with van der Waals surface area (Å²) >= 11 is 0. The molecule has 0 fully saturated rings. The molecule has 0 aromatic heterocycles. The van der Waals surface area contributed by atoms with Crippen molar-refractivity contribution in [1.82, 2.24) is 0 Å². The van der Waals surface area contributed by atoms with E-state index in [0.29, 0.717) is 0 Å². The van der Waals surface area contributed by atoms with Gasteiger partial charge in [0.25, 0.3) is 0 Å². The summed E-state index contributed by atoms with van der Waals surface area (Å²) < 4.78 is 0. The molecule has 2 heteroatoms. The van der Waals surface area contributed by atoms with Crippen LogP contribution in [0.5, 0.6) is 0 Å². The van der Waals surface area contributed by atoms with Gasteiger partial charge in [-0.25, -0.2) is 0 Å². The number of hydrogen-bond donors (Lipinski definition) is 0. The van der Waals surface area contributed by atoms with Gasteiger partial charge in [-0.1, -0.05) is 84.9 Å². The quantitative estimate of drug-likeness (QED) is 0.441. The minimum Gasteiger partial charge on any atom is -0.257 e. The van der Waals surface area contributed by atoms with Crippen LogP contribution >= 0.6 is 0 Å². The van der Waals surface area contributed by atoms with Crippen LogP contribution in [0.2, 0.25) is 0 Å². The fraction of sp³-hybridized carbons (Fsp3) is 0.0800. The van der Waals surface area contributed by atoms with Crippen molar-refractivity contribution in [2.45, 2.75) is 12.0 Å². The smallest absolute Gasteiger partial charge is 0.0907 e. The fourth-order valence-corrected chi connectivity index (χ4v) is 4.71. The van der Waals surface area contributed by atoms with E-state index in [0.717, 1.165) is 11.4 Å². The molecule has 0 saturated carbocycles. The van der Waals surface area contributed by atoms with Gasteiger partial charge in [-0.05, 0) is 39.6 Å². The maximum atomic E-state index is 5.15. The van der Waals surface area contributed by atoms with Gasteiger partial charge in [0, 0.05) is 0 Å². The topological polar surface area (TPSA) is 15.6 Å². The molecule has 2 atom stereocenters. The van der Waals surface area contributed by atoms with Gasteiger partial charge in [0.05, 0.1) is 23.4 Å². The maximum Gasteiger partial charge on any atom is 0.0907 e. The summed E-state index contributed by atoms with van der Waals surface area (Å²) in [5.74, 6) is 0.258. The highest BCUT2D eigenvalue weighted by Gasteiger charge is 2.46. The predicted octanol–water partition coefficient (Wildman–Crippen LogP) is 5.90. The fourth-order valence-electron chi connectivity index (χ4n) is 4.71. The molecule has 2 aliphatic rings. The van der Waals surface area contributed by atoms with Crippen LogP contribution in [-0.4, -0.2) is 5.71 Å². The van der Waals surface area contributed by atoms with Gasteiger partial charge in [0.1, 0.15) is 0 Å². The van der Waals surface area contributed by atoms with E-state index in [1.54, 1.807) is 0 Å². The molecule has 0 radical (unpaired) electrons. The van der Waals surface area contributed by atoms with Crippen LogP contribution in [0.25, 0.3) is 10.8 Å². The van der Waals surface area contributed by atoms with Crippen LogP contribution in [0.1, 0.15) is 28.7 Å². The Kier molecular flexibility index (Phi) is 3.03. The van der Waals surface area contributed by atoms with Crippen molar-refractivity contribution in [1.29, 1.82) is 0 Å². The molecule has 6 rings (SSSR count). The Hall–Kier alpha value is -3.39. The number of fused-ring (bicyclic) bond motifs is 3. The van der Waals surface area contributed by atoms with Gasteiger partial charge < -0.3 is 0 Å². The Bertz CT molecular complexity index is 1170. The van der Waals surface area contributed by atoms with Crippen LogP contribution in [0.4, 0.5) is 5.69 Å². The average Bonchev–Trinajstić information content (AvgIpc) is 3.28. The minimum absolute atomic E-state index is 0.212. The van der Waals surface area contributed by atoms with Crippen LogP contribution in [0.15, 0.2) is 102 Å². The number of anilines is 1. The van der Waals surface area contributed by atoms with Gasteiger partial charge in [-0.3, -0.25) is 5.01 Å². The molecule has 4 aromatic rings. The Morgan fingerprint density at radius 3 is 2.04 bits per heavy atom. The van der Waals surface area contributed by atoms with Crippen molar-refractivity contribution in [2.24, 2.45) is 5.10 Å². The van der Waals surface area contributed by atoms with Crippen molar-refractivity contribution >= 4 is 22.2 Å². The monoisotopic (exact) mass is 346 g/mol. The van der Waals surface area contributed by atoms with Gasteiger partial charge >= 0.3 is 0 Å². The summed E-state index contributed by atoms with van der Waals surface area (Å²) in [6.45, 7) is 0. The molecule has 0 amide bonds. The van der Waals surface area contributed by atoms with E-state index >= 15 is 0 Å². The largest absolute Gasteiger partial charge is 0.257 e. The van der Waals surface area contributed by atoms with Gasteiger partial charge in [0.2, 0.25) is 0 Å². The third-order valence-corrected chi connectivity index (χ3v) is 5.80. The molecule has 0 unspecified atom stereocenters. The molecule has 2 nitrogen and oxygen atoms in total. The second kappa shape index (κ2) is 5.55. The maximum absolute atomic E-state index is 5.15. The van der Waals surface area contributed by atoms with Crippen molar-refractivity contribution in [3.05, 3.63) is 114 Å². The lowest BCUT2D eigenvalue weighted by atomic mass is 9.88. The SMILES string of the molecule is c1ccc(C2=NN(c3ccccc3)[C@H]3c4cccc5cccc(c45)[C@H]23)cc1. The van der Waals surface area contributed by atoms with E-state index in [1.807, 2.05) is 0 Å². The summed E-state index contributed by atoms with van der Waals surface area (Å²) in [6, 6.07) is 34.7. The number of hydrazone groups is 1. The first-order chi connectivity index (χ1) is 13.4. The Labute approximate surface area is 158 Å². The second-order valence-electron chi connectivity index (χ2n) is 7.25. The van der Waals surface area contributed by atoms with Crippen molar-refractivity contribution in [3.8, 4) is 0 Å². The zero-order chi connectivity index (χ0) is 17.8. The first-order valence-corrected chi connectivity index (χ1v) is 9.41. The number of nitrogens with zero attached hydrogens (tertiary/aromatic N) is 2. The van der Waals surface area contributed by atoms with Gasteiger partial charge in [0.15, 0.2) is 0 Å². The number of rotatable bonds is 2. The molecule has 0 bridgehead atoms. The summed E-state index contributed by atoms with van der Waals surface area (Å²) in [5, 5.41) is 10.1. The summed E-state index contributed by atoms with van der Waals surface area (Å²) in [6.07, 6.45) is 0. The van der Waals surface area contributed by atoms with E-state index < -0.39 is 0 Å². The Morgan fingerprint density at radius 1 is 0.630 bits per heavy atom. The molecule has 128 valence electrons. The number of benzene rings is 4. The summed E-state index contributed by atoms with van der Waals surface area (Å²) in [4.78, 5) is 0. The average molecular weight is 346 g/mol. The third kappa shape index (κ3) is 2.04. The minimum atomic E-state index is 0.212. The lowest BCUT2D eigenvalue weighted by molar-refractivity contribution is 0.674. The lowest BCUT2D eigenvalue weighted by Crippen LogP contribution is -2.20. The zero-order valence-corrected chi connectivity index (χ0v) is 14.8. The molecule has 0 N–H and O–H groups in total. The van der Waals surface area contributed by atoms with E-state index in [1.165, 1.54) is 27.5 Å². The highest BCUT2D eigenvalue weighted by Crippen LogP contribution is 2.54. The predicted molar refractivity (Wildman–Crippen MR) is 111 cm³/mol. The Balaban J connectivity index is 1.63. The van der Waals surface area contributed by atoms with E-state index in [9.17, 15) is 0 Å². The van der Waals surface area contributed by atoms with Gasteiger partial charge in [-0.15, -0.1) is 0 Å². The molecule has 1 aliphatic carbocycles. The summed E-state index contributed by atoms with van der Waals surface area (Å²) in [5.41, 5.74) is 6.29. The first kappa shape index (κ1) is 14.7. The molecule has 4 aromatic carbocycles. The highest BCUT2D eigenvalue weighted by atomic mass is 15.5. The molecule has 0 saturated heterocycles. The molecule has 1 heterocycles. The summed E-state index contributed by atoms with van der Waals surface area (Å²) in [7, 11) is 0. The van der Waals surface area contributed by atoms with Crippen molar-refractivity contribution < 1.29 is 0 Å². The van der Waals surface area contributed by atoms with Crippen LogP contribution in [0, 0.1) is 0 Å². The van der Waals surface area contributed by atoms with E-state index in [2.05, 4.69) is 102 Å². The zero-order valence-electron chi connectivity index (χ0n) is 14.8. The van der Waals surface area contributed by atoms with Gasteiger partial charge in [-0.2, -0.15) is 5.10 Å². The molecular formula is C25H18N2. The number of hydrogen-bond acceptors (Lipinski definition) is 2. The van der Waals surface area contributed by atoms with Crippen molar-refractivity contribution in [3.63, 3.8) is 0 Å². The molecule has 1 aliphatic heterocycles. The van der Waals surface area contributed by atoms with Crippen LogP contribution in [0.3, 0.4) is 0 Å². The Morgan fingerprint density at radius 2 is 1.30 bits per heavy atom. The number of para-hydroxylation sites is 1. The highest BCUT2D eigenvalue weighted by molar-refractivity contribution is 6.12. The van der Waals surface area contributed by atoms with Crippen LogP contribution < -0.4 is 5.01 Å². The molecule has 27 heavy (non-hydrogen) atoms. The van der Waals surface area contributed by atoms with E-state index in [-0.39, 0.29) is 12.0 Å². The third-order valence-electron chi connectivity index (χ3n) is 5.80.